The van der Waals surface area contributed by atoms with Gasteiger partial charge in [-0.2, -0.15) is 0 Å². The molecule has 15 heavy (non-hydrogen) atoms. The van der Waals surface area contributed by atoms with Gasteiger partial charge in [-0.3, -0.25) is 9.59 Å². The molecule has 88 valence electrons. The molecular weight excluding hydrogens is 190 g/mol. The SMILES string of the molecule is CC(C)(C)C(=O)CC(N)C(=O)C(C)(C)C. The first kappa shape index (κ1) is 14.3. The van der Waals surface area contributed by atoms with E-state index in [9.17, 15) is 9.59 Å². The third-order valence-corrected chi connectivity index (χ3v) is 2.32. The molecule has 0 aromatic carbocycles. The van der Waals surface area contributed by atoms with Crippen molar-refractivity contribution in [3.63, 3.8) is 0 Å². The first-order chi connectivity index (χ1) is 6.46. The van der Waals surface area contributed by atoms with Gasteiger partial charge in [-0.25, -0.2) is 0 Å². The number of ketones is 2. The van der Waals surface area contributed by atoms with E-state index in [1.165, 1.54) is 0 Å². The van der Waals surface area contributed by atoms with E-state index in [4.69, 9.17) is 5.73 Å². The maximum absolute atomic E-state index is 11.7. The molecule has 1 unspecified atom stereocenters. The third kappa shape index (κ3) is 4.56. The minimum absolute atomic E-state index is 0.0348. The largest absolute Gasteiger partial charge is 0.321 e. The van der Waals surface area contributed by atoms with E-state index in [2.05, 4.69) is 0 Å². The molecule has 0 saturated carbocycles. The first-order valence-electron chi connectivity index (χ1n) is 5.29. The lowest BCUT2D eigenvalue weighted by Crippen LogP contribution is -2.42. The Labute approximate surface area is 92.4 Å². The van der Waals surface area contributed by atoms with Gasteiger partial charge >= 0.3 is 0 Å². The Morgan fingerprint density at radius 1 is 1.00 bits per heavy atom. The zero-order valence-electron chi connectivity index (χ0n) is 10.7. The second-order valence-electron chi connectivity index (χ2n) is 6.10. The monoisotopic (exact) mass is 213 g/mol. The maximum atomic E-state index is 11.7. The molecule has 0 amide bonds. The van der Waals surface area contributed by atoms with Gasteiger partial charge < -0.3 is 5.73 Å². The predicted octanol–water partition coefficient (Wildman–Crippen LogP) is 1.93. The molecule has 0 bridgehead atoms. The van der Waals surface area contributed by atoms with Crippen molar-refractivity contribution < 1.29 is 9.59 Å². The average Bonchev–Trinajstić information content (AvgIpc) is 1.99. The van der Waals surface area contributed by atoms with E-state index >= 15 is 0 Å². The molecule has 3 heteroatoms. The molecule has 0 aromatic heterocycles. The zero-order valence-corrected chi connectivity index (χ0v) is 10.7. The smallest absolute Gasteiger partial charge is 0.155 e. The normalized spacial score (nSPS) is 14.9. The van der Waals surface area contributed by atoms with Gasteiger partial charge in [-0.15, -0.1) is 0 Å². The predicted molar refractivity (Wildman–Crippen MR) is 61.5 cm³/mol. The summed E-state index contributed by atoms with van der Waals surface area (Å²) in [6, 6.07) is -0.670. The van der Waals surface area contributed by atoms with E-state index in [0.717, 1.165) is 0 Å². The average molecular weight is 213 g/mol. The van der Waals surface area contributed by atoms with Crippen molar-refractivity contribution in [2.75, 3.05) is 0 Å². The molecule has 2 N–H and O–H groups in total. The van der Waals surface area contributed by atoms with Gasteiger partial charge in [0, 0.05) is 17.3 Å². The molecular formula is C12H23NO2. The first-order valence-corrected chi connectivity index (χ1v) is 5.29. The van der Waals surface area contributed by atoms with Crippen LogP contribution in [-0.4, -0.2) is 17.6 Å². The highest BCUT2D eigenvalue weighted by Gasteiger charge is 2.31. The Bertz CT molecular complexity index is 256. The lowest BCUT2D eigenvalue weighted by molar-refractivity contribution is -0.133. The second-order valence-corrected chi connectivity index (χ2v) is 6.10. The van der Waals surface area contributed by atoms with Gasteiger partial charge in [0.25, 0.3) is 0 Å². The Morgan fingerprint density at radius 3 is 1.67 bits per heavy atom. The van der Waals surface area contributed by atoms with Gasteiger partial charge in [-0.05, 0) is 0 Å². The van der Waals surface area contributed by atoms with Crippen molar-refractivity contribution in [2.45, 2.75) is 54.0 Å². The molecule has 0 saturated heterocycles. The van der Waals surface area contributed by atoms with Gasteiger partial charge in [0.2, 0.25) is 0 Å². The topological polar surface area (TPSA) is 60.2 Å². The highest BCUT2D eigenvalue weighted by Crippen LogP contribution is 2.21. The van der Waals surface area contributed by atoms with Crippen LogP contribution >= 0.6 is 0 Å². The van der Waals surface area contributed by atoms with Crippen molar-refractivity contribution in [1.29, 1.82) is 0 Å². The quantitative estimate of drug-likeness (QED) is 0.779. The second kappa shape index (κ2) is 4.44. The molecule has 0 rings (SSSR count). The number of Topliss-reactive ketones (excluding diaryl/α,β-unsaturated/α-hetero) is 2. The highest BCUT2D eigenvalue weighted by molar-refractivity contribution is 5.94. The Balaban J connectivity index is 4.46. The molecule has 0 aromatic rings. The third-order valence-electron chi connectivity index (χ3n) is 2.32. The molecule has 0 spiro atoms. The van der Waals surface area contributed by atoms with Gasteiger partial charge in [-0.1, -0.05) is 41.5 Å². The van der Waals surface area contributed by atoms with Crippen LogP contribution in [0.2, 0.25) is 0 Å². The van der Waals surface area contributed by atoms with E-state index in [1.807, 2.05) is 41.5 Å². The van der Waals surface area contributed by atoms with E-state index in [-0.39, 0.29) is 18.0 Å². The van der Waals surface area contributed by atoms with Crippen LogP contribution in [0.25, 0.3) is 0 Å². The summed E-state index contributed by atoms with van der Waals surface area (Å²) in [5, 5.41) is 0. The van der Waals surface area contributed by atoms with Crippen LogP contribution in [0.1, 0.15) is 48.0 Å². The number of hydrogen-bond acceptors (Lipinski definition) is 3. The molecule has 0 aliphatic heterocycles. The molecule has 0 fully saturated rings. The molecule has 0 radical (unpaired) electrons. The summed E-state index contributed by atoms with van der Waals surface area (Å²) in [6.07, 6.45) is 0.138. The fourth-order valence-corrected chi connectivity index (χ4v) is 1.15. The Morgan fingerprint density at radius 2 is 1.40 bits per heavy atom. The molecule has 0 aliphatic carbocycles. The lowest BCUT2D eigenvalue weighted by Gasteiger charge is -2.24. The van der Waals surface area contributed by atoms with E-state index in [0.29, 0.717) is 0 Å². The Hall–Kier alpha value is -0.700. The molecule has 1 atom stereocenters. The van der Waals surface area contributed by atoms with Gasteiger partial charge in [0.05, 0.1) is 6.04 Å². The van der Waals surface area contributed by atoms with Crippen LogP contribution in [0.3, 0.4) is 0 Å². The fourth-order valence-electron chi connectivity index (χ4n) is 1.15. The van der Waals surface area contributed by atoms with Crippen molar-refractivity contribution in [1.82, 2.24) is 0 Å². The number of nitrogens with two attached hydrogens (primary N) is 1. The summed E-state index contributed by atoms with van der Waals surface area (Å²) < 4.78 is 0. The van der Waals surface area contributed by atoms with Crippen LogP contribution < -0.4 is 5.73 Å². The number of rotatable bonds is 3. The molecule has 0 aliphatic rings. The van der Waals surface area contributed by atoms with Crippen LogP contribution in [0, 0.1) is 10.8 Å². The number of hydrogen-bond donors (Lipinski definition) is 1. The summed E-state index contributed by atoms with van der Waals surface area (Å²) in [6.45, 7) is 11.0. The summed E-state index contributed by atoms with van der Waals surface area (Å²) in [4.78, 5) is 23.4. The van der Waals surface area contributed by atoms with Crippen molar-refractivity contribution in [2.24, 2.45) is 16.6 Å². The number of carbonyl (C=O) groups excluding carboxylic acids is 2. The van der Waals surface area contributed by atoms with E-state index < -0.39 is 16.9 Å². The standard InChI is InChI=1S/C12H23NO2/c1-11(2,3)9(14)7-8(13)10(15)12(4,5)6/h8H,7,13H2,1-6H3. The van der Waals surface area contributed by atoms with Gasteiger partial charge in [0.15, 0.2) is 5.78 Å². The van der Waals surface area contributed by atoms with Gasteiger partial charge in [0.1, 0.15) is 5.78 Å². The lowest BCUT2D eigenvalue weighted by atomic mass is 9.81. The minimum atomic E-state index is -0.670. The summed E-state index contributed by atoms with van der Waals surface area (Å²) in [5.41, 5.74) is 4.84. The maximum Gasteiger partial charge on any atom is 0.155 e. The van der Waals surface area contributed by atoms with Crippen LogP contribution in [-0.2, 0) is 9.59 Å². The van der Waals surface area contributed by atoms with Crippen molar-refractivity contribution >= 4 is 11.6 Å². The summed E-state index contributed by atoms with van der Waals surface area (Å²) in [5.74, 6) is -0.0206. The van der Waals surface area contributed by atoms with Crippen LogP contribution in [0.5, 0.6) is 0 Å². The zero-order chi connectivity index (χ0) is 12.4. The van der Waals surface area contributed by atoms with Crippen LogP contribution in [0.15, 0.2) is 0 Å². The van der Waals surface area contributed by atoms with Crippen molar-refractivity contribution in [3.05, 3.63) is 0 Å². The summed E-state index contributed by atoms with van der Waals surface area (Å²) >= 11 is 0. The Kier molecular flexibility index (Phi) is 4.23. The van der Waals surface area contributed by atoms with Crippen LogP contribution in [0.4, 0.5) is 0 Å². The summed E-state index contributed by atoms with van der Waals surface area (Å²) in [7, 11) is 0. The minimum Gasteiger partial charge on any atom is -0.321 e. The fraction of sp³-hybridized carbons (Fsp3) is 0.833. The molecule has 0 heterocycles. The van der Waals surface area contributed by atoms with E-state index in [1.54, 1.807) is 0 Å². The van der Waals surface area contributed by atoms with Crippen molar-refractivity contribution in [3.8, 4) is 0 Å². The number of carbonyl (C=O) groups is 2. The highest BCUT2D eigenvalue weighted by atomic mass is 16.1. The molecule has 3 nitrogen and oxygen atoms in total.